The lowest BCUT2D eigenvalue weighted by molar-refractivity contribution is 0.276. The van der Waals surface area contributed by atoms with Crippen molar-refractivity contribution in [3.8, 4) is 0 Å². The Labute approximate surface area is 72.7 Å². The Morgan fingerprint density at radius 2 is 2.00 bits per heavy atom. The summed E-state index contributed by atoms with van der Waals surface area (Å²) in [6.45, 7) is 0.828. The van der Waals surface area contributed by atoms with Gasteiger partial charge < -0.3 is 10.0 Å². The molecule has 0 amide bonds. The minimum atomic E-state index is 0.0151. The summed E-state index contributed by atoms with van der Waals surface area (Å²) in [4.78, 5) is 6.28. The van der Waals surface area contributed by atoms with Crippen LogP contribution >= 0.6 is 0 Å². The molecule has 0 saturated carbocycles. The Morgan fingerprint density at radius 3 is 2.58 bits per heavy atom. The molecule has 0 aromatic carbocycles. The molecule has 0 aliphatic rings. The van der Waals surface area contributed by atoms with Gasteiger partial charge in [0.2, 0.25) is 0 Å². The van der Waals surface area contributed by atoms with E-state index in [1.54, 1.807) is 0 Å². The van der Waals surface area contributed by atoms with Crippen LogP contribution in [0.4, 0.5) is 0 Å². The predicted molar refractivity (Wildman–Crippen MR) is 47.6 cm³/mol. The smallest absolute Gasteiger partial charge is 0.0853 e. The first-order valence-electron chi connectivity index (χ1n) is 3.93. The van der Waals surface area contributed by atoms with Gasteiger partial charge in [-0.3, -0.25) is 4.98 Å². The SMILES string of the molecule is CN(C)Cc1cccc(CO)n1. The number of pyridine rings is 1. The quantitative estimate of drug-likeness (QED) is 0.715. The molecule has 12 heavy (non-hydrogen) atoms. The lowest BCUT2D eigenvalue weighted by Crippen LogP contribution is -2.12. The van der Waals surface area contributed by atoms with Gasteiger partial charge in [-0.25, -0.2) is 0 Å². The number of nitrogens with zero attached hydrogens (tertiary/aromatic N) is 2. The van der Waals surface area contributed by atoms with Gasteiger partial charge in [0.1, 0.15) is 0 Å². The van der Waals surface area contributed by atoms with Crippen LogP contribution in [0.15, 0.2) is 18.2 Å². The second-order valence-corrected chi connectivity index (χ2v) is 3.02. The van der Waals surface area contributed by atoms with Crippen molar-refractivity contribution in [3.63, 3.8) is 0 Å². The van der Waals surface area contributed by atoms with E-state index in [1.165, 1.54) is 0 Å². The van der Waals surface area contributed by atoms with Crippen LogP contribution in [0.25, 0.3) is 0 Å². The Balaban J connectivity index is 2.72. The molecule has 1 rings (SSSR count). The fraction of sp³-hybridized carbons (Fsp3) is 0.444. The van der Waals surface area contributed by atoms with Gasteiger partial charge in [-0.15, -0.1) is 0 Å². The first-order valence-corrected chi connectivity index (χ1v) is 3.93. The van der Waals surface area contributed by atoms with Crippen molar-refractivity contribution < 1.29 is 5.11 Å². The molecule has 3 nitrogen and oxygen atoms in total. The second kappa shape index (κ2) is 4.18. The molecule has 0 bridgehead atoms. The van der Waals surface area contributed by atoms with Gasteiger partial charge in [-0.05, 0) is 26.2 Å². The zero-order valence-corrected chi connectivity index (χ0v) is 7.49. The maximum Gasteiger partial charge on any atom is 0.0853 e. The van der Waals surface area contributed by atoms with Gasteiger partial charge in [0, 0.05) is 6.54 Å². The topological polar surface area (TPSA) is 36.4 Å². The summed E-state index contributed by atoms with van der Waals surface area (Å²) < 4.78 is 0. The minimum Gasteiger partial charge on any atom is -0.390 e. The molecule has 0 atom stereocenters. The number of hydrogen-bond donors (Lipinski definition) is 1. The van der Waals surface area contributed by atoms with E-state index in [-0.39, 0.29) is 6.61 Å². The van der Waals surface area contributed by atoms with Gasteiger partial charge in [0.25, 0.3) is 0 Å². The molecular weight excluding hydrogens is 152 g/mol. The van der Waals surface area contributed by atoms with E-state index in [0.717, 1.165) is 17.9 Å². The van der Waals surface area contributed by atoms with Crippen LogP contribution in [-0.2, 0) is 13.2 Å². The normalized spacial score (nSPS) is 10.7. The van der Waals surface area contributed by atoms with Crippen molar-refractivity contribution in [1.82, 2.24) is 9.88 Å². The highest BCUT2D eigenvalue weighted by molar-refractivity contribution is 5.10. The molecule has 3 heteroatoms. The lowest BCUT2D eigenvalue weighted by atomic mass is 10.3. The van der Waals surface area contributed by atoms with Gasteiger partial charge >= 0.3 is 0 Å². The highest BCUT2D eigenvalue weighted by atomic mass is 16.3. The van der Waals surface area contributed by atoms with Crippen molar-refractivity contribution in [3.05, 3.63) is 29.6 Å². The Hall–Kier alpha value is -0.930. The maximum absolute atomic E-state index is 8.82. The highest BCUT2D eigenvalue weighted by Gasteiger charge is 1.97. The average molecular weight is 166 g/mol. The zero-order chi connectivity index (χ0) is 8.97. The summed E-state index contributed by atoms with van der Waals surface area (Å²) in [5.41, 5.74) is 1.72. The van der Waals surface area contributed by atoms with Crippen LogP contribution in [-0.4, -0.2) is 29.1 Å². The molecule has 1 aromatic heterocycles. The fourth-order valence-corrected chi connectivity index (χ4v) is 1.03. The van der Waals surface area contributed by atoms with E-state index in [0.29, 0.717) is 0 Å². The molecule has 1 aromatic rings. The number of aliphatic hydroxyl groups is 1. The summed E-state index contributed by atoms with van der Waals surface area (Å²) in [6, 6.07) is 5.69. The van der Waals surface area contributed by atoms with E-state index in [4.69, 9.17) is 5.11 Å². The number of rotatable bonds is 3. The third kappa shape index (κ3) is 2.60. The molecule has 0 spiro atoms. The Kier molecular flexibility index (Phi) is 3.19. The van der Waals surface area contributed by atoms with Crippen molar-refractivity contribution in [2.24, 2.45) is 0 Å². The monoisotopic (exact) mass is 166 g/mol. The van der Waals surface area contributed by atoms with E-state index >= 15 is 0 Å². The molecule has 0 aliphatic carbocycles. The number of hydrogen-bond acceptors (Lipinski definition) is 3. The van der Waals surface area contributed by atoms with Crippen LogP contribution in [0.2, 0.25) is 0 Å². The summed E-state index contributed by atoms with van der Waals surface area (Å²) in [6.07, 6.45) is 0. The van der Waals surface area contributed by atoms with Gasteiger partial charge in [-0.2, -0.15) is 0 Å². The first-order chi connectivity index (χ1) is 5.72. The molecule has 0 aliphatic heterocycles. The molecule has 0 unspecified atom stereocenters. The van der Waals surface area contributed by atoms with Gasteiger partial charge in [0.05, 0.1) is 18.0 Å². The zero-order valence-electron chi connectivity index (χ0n) is 7.49. The van der Waals surface area contributed by atoms with Crippen LogP contribution in [0.3, 0.4) is 0 Å². The summed E-state index contributed by atoms with van der Waals surface area (Å²) in [7, 11) is 3.99. The predicted octanol–water partition coefficient (Wildman–Crippen LogP) is 0.635. The third-order valence-electron chi connectivity index (χ3n) is 1.50. The van der Waals surface area contributed by atoms with E-state index in [2.05, 4.69) is 4.98 Å². The summed E-state index contributed by atoms with van der Waals surface area (Å²) in [5.74, 6) is 0. The molecule has 0 fully saturated rings. The van der Waals surface area contributed by atoms with E-state index in [1.807, 2.05) is 37.2 Å². The summed E-state index contributed by atoms with van der Waals surface area (Å²) in [5, 5.41) is 8.82. The van der Waals surface area contributed by atoms with Crippen molar-refractivity contribution in [2.45, 2.75) is 13.2 Å². The number of aromatic nitrogens is 1. The first kappa shape index (κ1) is 9.16. The standard InChI is InChI=1S/C9H14N2O/c1-11(2)6-8-4-3-5-9(7-12)10-8/h3-5,12H,6-7H2,1-2H3. The maximum atomic E-state index is 8.82. The summed E-state index contributed by atoms with van der Waals surface area (Å²) >= 11 is 0. The van der Waals surface area contributed by atoms with Crippen LogP contribution in [0, 0.1) is 0 Å². The van der Waals surface area contributed by atoms with Crippen molar-refractivity contribution in [1.29, 1.82) is 0 Å². The minimum absolute atomic E-state index is 0.0151. The molecule has 0 radical (unpaired) electrons. The highest BCUT2D eigenvalue weighted by Crippen LogP contribution is 2.00. The fourth-order valence-electron chi connectivity index (χ4n) is 1.03. The number of aliphatic hydroxyl groups excluding tert-OH is 1. The van der Waals surface area contributed by atoms with Crippen LogP contribution < -0.4 is 0 Å². The molecule has 66 valence electrons. The Bertz CT molecular complexity index is 248. The van der Waals surface area contributed by atoms with Crippen molar-refractivity contribution >= 4 is 0 Å². The molecular formula is C9H14N2O. The van der Waals surface area contributed by atoms with Gasteiger partial charge in [-0.1, -0.05) is 6.07 Å². The molecule has 1 N–H and O–H groups in total. The molecule has 0 saturated heterocycles. The third-order valence-corrected chi connectivity index (χ3v) is 1.50. The average Bonchev–Trinajstić information content (AvgIpc) is 2.03. The van der Waals surface area contributed by atoms with E-state index < -0.39 is 0 Å². The second-order valence-electron chi connectivity index (χ2n) is 3.02. The van der Waals surface area contributed by atoms with Crippen LogP contribution in [0.5, 0.6) is 0 Å². The lowest BCUT2D eigenvalue weighted by Gasteiger charge is -2.08. The molecule has 1 heterocycles. The van der Waals surface area contributed by atoms with Crippen molar-refractivity contribution in [2.75, 3.05) is 14.1 Å². The van der Waals surface area contributed by atoms with E-state index in [9.17, 15) is 0 Å². The van der Waals surface area contributed by atoms with Crippen LogP contribution in [0.1, 0.15) is 11.4 Å². The largest absolute Gasteiger partial charge is 0.390 e. The Morgan fingerprint density at radius 1 is 1.33 bits per heavy atom. The van der Waals surface area contributed by atoms with Gasteiger partial charge in [0.15, 0.2) is 0 Å².